The van der Waals surface area contributed by atoms with Crippen molar-refractivity contribution in [1.29, 1.82) is 0 Å². The molecule has 0 fully saturated rings. The summed E-state index contributed by atoms with van der Waals surface area (Å²) in [6.07, 6.45) is 2.14. The number of halogens is 2. The third kappa shape index (κ3) is 3.96. The summed E-state index contributed by atoms with van der Waals surface area (Å²) >= 11 is 9.04. The van der Waals surface area contributed by atoms with Gasteiger partial charge in [-0.15, -0.1) is 0 Å². The van der Waals surface area contributed by atoms with E-state index in [1.54, 1.807) is 0 Å². The van der Waals surface area contributed by atoms with Gasteiger partial charge in [0.1, 0.15) is 11.7 Å². The van der Waals surface area contributed by atoms with Crippen LogP contribution >= 0.6 is 27.5 Å². The summed E-state index contributed by atoms with van der Waals surface area (Å²) in [4.78, 5) is 28.0. The first kappa shape index (κ1) is 14.9. The molecule has 0 saturated heterocycles. The van der Waals surface area contributed by atoms with Gasteiger partial charge in [-0.05, 0) is 28.4 Å². The van der Waals surface area contributed by atoms with Crippen molar-refractivity contribution >= 4 is 39.4 Å². The number of hydrogen-bond donors (Lipinski definition) is 1. The Labute approximate surface area is 118 Å². The van der Waals surface area contributed by atoms with E-state index in [1.165, 1.54) is 17.2 Å². The highest BCUT2D eigenvalue weighted by Gasteiger charge is 2.20. The number of carboxylic acid groups (broad SMARTS) is 1. The molecule has 1 aromatic rings. The molecule has 5 nitrogen and oxygen atoms in total. The number of aliphatic carboxylic acids is 1. The van der Waals surface area contributed by atoms with Gasteiger partial charge < -0.3 is 10.0 Å². The van der Waals surface area contributed by atoms with Gasteiger partial charge in [-0.25, -0.2) is 4.98 Å². The Morgan fingerprint density at radius 3 is 2.78 bits per heavy atom. The van der Waals surface area contributed by atoms with Crippen LogP contribution in [-0.4, -0.2) is 40.0 Å². The molecule has 0 saturated carbocycles. The average molecular weight is 336 g/mol. The molecular formula is C11H12BrClN2O3. The van der Waals surface area contributed by atoms with Crippen molar-refractivity contribution < 1.29 is 14.7 Å². The Hall–Kier alpha value is -1.14. The first-order valence-electron chi connectivity index (χ1n) is 5.27. The zero-order valence-corrected chi connectivity index (χ0v) is 12.0. The molecule has 0 aliphatic carbocycles. The highest BCUT2D eigenvalue weighted by Crippen LogP contribution is 2.19. The lowest BCUT2D eigenvalue weighted by Gasteiger charge is -2.20. The van der Waals surface area contributed by atoms with E-state index in [1.807, 2.05) is 6.92 Å². The minimum absolute atomic E-state index is 0.0645. The van der Waals surface area contributed by atoms with Crippen molar-refractivity contribution in [3.05, 3.63) is 27.5 Å². The minimum Gasteiger partial charge on any atom is -0.480 e. The lowest BCUT2D eigenvalue weighted by molar-refractivity contribution is -0.137. The predicted molar refractivity (Wildman–Crippen MR) is 70.8 cm³/mol. The van der Waals surface area contributed by atoms with Crippen LogP contribution in [0.25, 0.3) is 0 Å². The first-order chi connectivity index (χ1) is 8.45. The van der Waals surface area contributed by atoms with Crippen LogP contribution in [0.15, 0.2) is 16.7 Å². The van der Waals surface area contributed by atoms with Crippen molar-refractivity contribution in [3.8, 4) is 0 Å². The molecule has 98 valence electrons. The summed E-state index contributed by atoms with van der Waals surface area (Å²) in [7, 11) is 0. The molecule has 0 aromatic carbocycles. The van der Waals surface area contributed by atoms with Gasteiger partial charge in [-0.1, -0.05) is 18.5 Å². The summed E-state index contributed by atoms with van der Waals surface area (Å²) < 4.78 is 0.613. The monoisotopic (exact) mass is 334 g/mol. The van der Waals surface area contributed by atoms with Gasteiger partial charge in [0.25, 0.3) is 5.91 Å². The largest absolute Gasteiger partial charge is 0.480 e. The predicted octanol–water partition coefficient (Wildman–Crippen LogP) is 2.43. The maximum absolute atomic E-state index is 12.2. The lowest BCUT2D eigenvalue weighted by Crippen LogP contribution is -2.36. The Bertz CT molecular complexity index is 468. The van der Waals surface area contributed by atoms with Gasteiger partial charge in [-0.2, -0.15) is 0 Å². The van der Waals surface area contributed by atoms with Crippen LogP contribution in [0.3, 0.4) is 0 Å². The fourth-order valence-corrected chi connectivity index (χ4v) is 1.94. The molecule has 1 aromatic heterocycles. The molecular weight excluding hydrogens is 323 g/mol. The van der Waals surface area contributed by atoms with E-state index in [4.69, 9.17) is 16.7 Å². The van der Waals surface area contributed by atoms with E-state index in [0.29, 0.717) is 17.4 Å². The van der Waals surface area contributed by atoms with Crippen LogP contribution in [0.2, 0.25) is 5.15 Å². The van der Waals surface area contributed by atoms with E-state index in [2.05, 4.69) is 20.9 Å². The molecule has 0 atom stereocenters. The van der Waals surface area contributed by atoms with Gasteiger partial charge in [0.2, 0.25) is 0 Å². The van der Waals surface area contributed by atoms with Crippen LogP contribution in [-0.2, 0) is 4.79 Å². The molecule has 1 heterocycles. The summed E-state index contributed by atoms with van der Waals surface area (Å²) in [6, 6.07) is 1.53. The number of carboxylic acids is 1. The van der Waals surface area contributed by atoms with E-state index >= 15 is 0 Å². The first-order valence-corrected chi connectivity index (χ1v) is 6.45. The Balaban J connectivity index is 3.01. The zero-order valence-electron chi connectivity index (χ0n) is 9.69. The summed E-state index contributed by atoms with van der Waals surface area (Å²) in [6.45, 7) is 1.87. The third-order valence-electron chi connectivity index (χ3n) is 2.14. The number of carbonyl (C=O) groups excluding carboxylic acids is 1. The van der Waals surface area contributed by atoms with Crippen molar-refractivity contribution in [2.75, 3.05) is 13.1 Å². The Morgan fingerprint density at radius 2 is 2.22 bits per heavy atom. The molecule has 18 heavy (non-hydrogen) atoms. The molecule has 1 rings (SSSR count). The Morgan fingerprint density at radius 1 is 1.56 bits per heavy atom. The molecule has 0 unspecified atom stereocenters. The van der Waals surface area contributed by atoms with Crippen LogP contribution in [0, 0.1) is 0 Å². The normalized spacial score (nSPS) is 10.2. The number of carbonyl (C=O) groups is 2. The highest BCUT2D eigenvalue weighted by molar-refractivity contribution is 9.10. The highest BCUT2D eigenvalue weighted by atomic mass is 79.9. The van der Waals surface area contributed by atoms with Crippen molar-refractivity contribution in [1.82, 2.24) is 9.88 Å². The van der Waals surface area contributed by atoms with Gasteiger partial charge in [0, 0.05) is 17.2 Å². The fourth-order valence-electron chi connectivity index (χ4n) is 1.43. The molecule has 0 radical (unpaired) electrons. The Kier molecular flexibility index (Phi) is 5.55. The maximum Gasteiger partial charge on any atom is 0.323 e. The molecule has 0 spiro atoms. The second kappa shape index (κ2) is 6.70. The van der Waals surface area contributed by atoms with Crippen LogP contribution < -0.4 is 0 Å². The van der Waals surface area contributed by atoms with Gasteiger partial charge in [0.05, 0.1) is 5.56 Å². The van der Waals surface area contributed by atoms with Crippen molar-refractivity contribution in [2.24, 2.45) is 0 Å². The molecule has 0 aliphatic rings. The van der Waals surface area contributed by atoms with E-state index in [9.17, 15) is 9.59 Å². The number of pyridine rings is 1. The van der Waals surface area contributed by atoms with Gasteiger partial charge in [0.15, 0.2) is 0 Å². The number of rotatable bonds is 5. The van der Waals surface area contributed by atoms with E-state index in [-0.39, 0.29) is 17.3 Å². The van der Waals surface area contributed by atoms with Crippen molar-refractivity contribution in [3.63, 3.8) is 0 Å². The lowest BCUT2D eigenvalue weighted by atomic mass is 10.2. The summed E-state index contributed by atoms with van der Waals surface area (Å²) in [5.41, 5.74) is 0.195. The molecule has 1 N–H and O–H groups in total. The van der Waals surface area contributed by atoms with Gasteiger partial charge >= 0.3 is 5.97 Å². The van der Waals surface area contributed by atoms with E-state index in [0.717, 1.165) is 0 Å². The second-order valence-corrected chi connectivity index (χ2v) is 4.89. The third-order valence-corrected chi connectivity index (χ3v) is 2.88. The fraction of sp³-hybridized carbons (Fsp3) is 0.364. The smallest absolute Gasteiger partial charge is 0.323 e. The molecule has 0 bridgehead atoms. The summed E-state index contributed by atoms with van der Waals surface area (Å²) in [5.74, 6) is -1.49. The molecule has 0 aliphatic heterocycles. The van der Waals surface area contributed by atoms with Crippen LogP contribution in [0.4, 0.5) is 0 Å². The SMILES string of the molecule is CCCN(CC(=O)O)C(=O)c1cc(Br)cnc1Cl. The molecule has 1 amide bonds. The average Bonchev–Trinajstić information content (AvgIpc) is 2.30. The number of nitrogens with zero attached hydrogens (tertiary/aromatic N) is 2. The van der Waals surface area contributed by atoms with Gasteiger partial charge in [-0.3, -0.25) is 9.59 Å². The van der Waals surface area contributed by atoms with Crippen molar-refractivity contribution in [2.45, 2.75) is 13.3 Å². The van der Waals surface area contributed by atoms with Crippen LogP contribution in [0.1, 0.15) is 23.7 Å². The van der Waals surface area contributed by atoms with Crippen LogP contribution in [0.5, 0.6) is 0 Å². The quantitative estimate of drug-likeness (QED) is 0.839. The summed E-state index contributed by atoms with van der Waals surface area (Å²) in [5, 5.41) is 8.84. The second-order valence-electron chi connectivity index (χ2n) is 3.61. The standard InChI is InChI=1S/C11H12BrClN2O3/c1-2-3-15(6-9(16)17)11(18)8-4-7(12)5-14-10(8)13/h4-5H,2-3,6H2,1H3,(H,16,17). The van der Waals surface area contributed by atoms with E-state index < -0.39 is 11.9 Å². The number of aromatic nitrogens is 1. The zero-order chi connectivity index (χ0) is 13.7. The maximum atomic E-state index is 12.2. The number of hydrogen-bond acceptors (Lipinski definition) is 3. The topological polar surface area (TPSA) is 70.5 Å². The molecule has 7 heteroatoms. The minimum atomic E-state index is -1.06. The number of amides is 1.